The summed E-state index contributed by atoms with van der Waals surface area (Å²) in [5.74, 6) is 1.50. The van der Waals surface area contributed by atoms with Crippen molar-refractivity contribution in [1.29, 1.82) is 0 Å². The van der Waals surface area contributed by atoms with Gasteiger partial charge >= 0.3 is 0 Å². The molecule has 21 heavy (non-hydrogen) atoms. The Kier molecular flexibility index (Phi) is 5.51. The van der Waals surface area contributed by atoms with Crippen LogP contribution >= 0.6 is 0 Å². The van der Waals surface area contributed by atoms with Crippen molar-refractivity contribution < 1.29 is 4.74 Å². The quantitative estimate of drug-likeness (QED) is 0.763. The number of aromatic nitrogens is 2. The largest absolute Gasteiger partial charge is 0.497 e. The summed E-state index contributed by atoms with van der Waals surface area (Å²) in [5.41, 5.74) is 1.75. The normalized spacial score (nSPS) is 10.6. The van der Waals surface area contributed by atoms with Gasteiger partial charge in [-0.2, -0.15) is 0 Å². The third-order valence-corrected chi connectivity index (χ3v) is 3.11. The number of rotatable bonds is 7. The van der Waals surface area contributed by atoms with Crippen LogP contribution in [0.4, 0.5) is 0 Å². The van der Waals surface area contributed by atoms with Crippen LogP contribution in [-0.4, -0.2) is 23.6 Å². The zero-order chi connectivity index (χ0) is 15.1. The van der Waals surface area contributed by atoms with E-state index in [2.05, 4.69) is 22.2 Å². The Morgan fingerprint density at radius 2 is 2.05 bits per heavy atom. The summed E-state index contributed by atoms with van der Waals surface area (Å²) in [6, 6.07) is 9.29. The highest BCUT2D eigenvalue weighted by molar-refractivity contribution is 5.28. The molecule has 0 aliphatic heterocycles. The van der Waals surface area contributed by atoms with Gasteiger partial charge in [0.2, 0.25) is 0 Å². The topological polar surface area (TPSA) is 67.0 Å². The smallest absolute Gasteiger partial charge is 0.251 e. The van der Waals surface area contributed by atoms with Crippen LogP contribution in [0, 0.1) is 0 Å². The number of nitrogens with one attached hydrogen (secondary N) is 2. The number of hydrogen-bond acceptors (Lipinski definition) is 4. The molecule has 0 bridgehead atoms. The maximum Gasteiger partial charge on any atom is 0.251 e. The predicted octanol–water partition coefficient (Wildman–Crippen LogP) is 1.87. The zero-order valence-corrected chi connectivity index (χ0v) is 12.5. The van der Waals surface area contributed by atoms with Gasteiger partial charge < -0.3 is 15.0 Å². The van der Waals surface area contributed by atoms with E-state index in [4.69, 9.17) is 4.74 Å². The lowest BCUT2D eigenvalue weighted by atomic mass is 10.1. The van der Waals surface area contributed by atoms with Crippen molar-refractivity contribution in [1.82, 2.24) is 15.3 Å². The predicted molar refractivity (Wildman–Crippen MR) is 82.7 cm³/mol. The van der Waals surface area contributed by atoms with Crippen molar-refractivity contribution >= 4 is 0 Å². The van der Waals surface area contributed by atoms with Crippen LogP contribution in [-0.2, 0) is 13.0 Å². The van der Waals surface area contributed by atoms with Gasteiger partial charge in [-0.15, -0.1) is 0 Å². The molecule has 0 radical (unpaired) electrons. The minimum atomic E-state index is -0.109. The fraction of sp³-hybridized carbons (Fsp3) is 0.375. The van der Waals surface area contributed by atoms with Gasteiger partial charge in [0.05, 0.1) is 12.8 Å². The van der Waals surface area contributed by atoms with Gasteiger partial charge in [0.25, 0.3) is 5.56 Å². The molecule has 0 aliphatic rings. The number of hydrogen-bond donors (Lipinski definition) is 2. The Bertz CT molecular complexity index is 620. The van der Waals surface area contributed by atoms with Crippen LogP contribution < -0.4 is 15.6 Å². The highest BCUT2D eigenvalue weighted by atomic mass is 16.5. The Morgan fingerprint density at radius 1 is 1.29 bits per heavy atom. The molecule has 2 aromatic rings. The molecule has 0 amide bonds. The van der Waals surface area contributed by atoms with Gasteiger partial charge in [-0.3, -0.25) is 4.79 Å². The second kappa shape index (κ2) is 7.59. The molecule has 1 aromatic carbocycles. The van der Waals surface area contributed by atoms with E-state index in [0.717, 1.165) is 30.0 Å². The van der Waals surface area contributed by atoms with Crippen LogP contribution in [0.2, 0.25) is 0 Å². The molecule has 0 unspecified atom stereocenters. The zero-order valence-electron chi connectivity index (χ0n) is 12.5. The van der Waals surface area contributed by atoms with E-state index in [9.17, 15) is 4.79 Å². The van der Waals surface area contributed by atoms with Gasteiger partial charge in [0.1, 0.15) is 11.6 Å². The van der Waals surface area contributed by atoms with Gasteiger partial charge in [-0.05, 0) is 30.7 Å². The molecule has 0 atom stereocenters. The van der Waals surface area contributed by atoms with E-state index in [1.54, 1.807) is 13.2 Å². The van der Waals surface area contributed by atoms with E-state index < -0.39 is 0 Å². The number of nitrogens with zero attached hydrogens (tertiary/aromatic N) is 1. The van der Waals surface area contributed by atoms with Crippen molar-refractivity contribution in [2.45, 2.75) is 26.3 Å². The molecule has 0 aliphatic carbocycles. The number of ether oxygens (including phenoxy) is 1. The maximum atomic E-state index is 11.7. The summed E-state index contributed by atoms with van der Waals surface area (Å²) >= 11 is 0. The van der Waals surface area contributed by atoms with E-state index in [0.29, 0.717) is 18.8 Å². The van der Waals surface area contributed by atoms with Crippen LogP contribution in [0.1, 0.15) is 30.4 Å². The molecule has 1 aromatic heterocycles. The maximum absolute atomic E-state index is 11.7. The Hall–Kier alpha value is -2.14. The first-order chi connectivity index (χ1) is 10.2. The first kappa shape index (κ1) is 15.3. The molecule has 0 spiro atoms. The average Bonchev–Trinajstić information content (AvgIpc) is 2.48. The van der Waals surface area contributed by atoms with E-state index in [1.807, 2.05) is 24.3 Å². The number of methoxy groups -OCH3 is 1. The second-order valence-electron chi connectivity index (χ2n) is 4.89. The lowest BCUT2D eigenvalue weighted by Gasteiger charge is -2.06. The first-order valence-corrected chi connectivity index (χ1v) is 7.14. The number of aromatic amines is 1. The first-order valence-electron chi connectivity index (χ1n) is 7.14. The van der Waals surface area contributed by atoms with E-state index in [-0.39, 0.29) is 5.56 Å². The fourth-order valence-corrected chi connectivity index (χ4v) is 2.07. The third-order valence-electron chi connectivity index (χ3n) is 3.11. The van der Waals surface area contributed by atoms with Crippen molar-refractivity contribution in [3.05, 3.63) is 57.8 Å². The summed E-state index contributed by atoms with van der Waals surface area (Å²) < 4.78 is 5.13. The minimum absolute atomic E-state index is 0.109. The molecule has 1 heterocycles. The monoisotopic (exact) mass is 287 g/mol. The molecule has 5 nitrogen and oxygen atoms in total. The van der Waals surface area contributed by atoms with Crippen LogP contribution in [0.15, 0.2) is 35.1 Å². The molecule has 112 valence electrons. The lowest BCUT2D eigenvalue weighted by Crippen LogP contribution is -2.19. The molecule has 0 fully saturated rings. The van der Waals surface area contributed by atoms with E-state index >= 15 is 0 Å². The number of H-pyrrole nitrogens is 1. The van der Waals surface area contributed by atoms with E-state index in [1.165, 1.54) is 0 Å². The van der Waals surface area contributed by atoms with Gasteiger partial charge in [-0.25, -0.2) is 4.98 Å². The van der Waals surface area contributed by atoms with Gasteiger partial charge in [0, 0.05) is 19.0 Å². The second-order valence-corrected chi connectivity index (χ2v) is 4.89. The Morgan fingerprint density at radius 3 is 2.71 bits per heavy atom. The summed E-state index contributed by atoms with van der Waals surface area (Å²) in [5, 5.41) is 3.25. The molecule has 0 saturated heterocycles. The standard InChI is InChI=1S/C16H21N3O2/c1-3-8-17-11-13-10-16(20)19-15(18-13)9-12-4-6-14(21-2)7-5-12/h4-7,10,17H,3,8-9,11H2,1-2H3,(H,18,19,20). The van der Waals surface area contributed by atoms with Crippen LogP contribution in [0.25, 0.3) is 0 Å². The highest BCUT2D eigenvalue weighted by Crippen LogP contribution is 2.13. The summed E-state index contributed by atoms with van der Waals surface area (Å²) in [6.45, 7) is 3.64. The average molecular weight is 287 g/mol. The minimum Gasteiger partial charge on any atom is -0.497 e. The van der Waals surface area contributed by atoms with Crippen LogP contribution in [0.5, 0.6) is 5.75 Å². The van der Waals surface area contributed by atoms with Gasteiger partial charge in [-0.1, -0.05) is 19.1 Å². The SMILES string of the molecule is CCCNCc1cc(=O)[nH]c(Cc2ccc(OC)cc2)n1. The fourth-order valence-electron chi connectivity index (χ4n) is 2.07. The number of benzene rings is 1. The summed E-state index contributed by atoms with van der Waals surface area (Å²) in [4.78, 5) is 19.0. The molecule has 5 heteroatoms. The van der Waals surface area contributed by atoms with Crippen molar-refractivity contribution in [3.63, 3.8) is 0 Å². The molecular formula is C16H21N3O2. The summed E-state index contributed by atoms with van der Waals surface area (Å²) in [7, 11) is 1.64. The van der Waals surface area contributed by atoms with Crippen molar-refractivity contribution in [2.24, 2.45) is 0 Å². The summed E-state index contributed by atoms with van der Waals surface area (Å²) in [6.07, 6.45) is 1.66. The van der Waals surface area contributed by atoms with Crippen LogP contribution in [0.3, 0.4) is 0 Å². The molecule has 2 rings (SSSR count). The molecular weight excluding hydrogens is 266 g/mol. The highest BCUT2D eigenvalue weighted by Gasteiger charge is 2.03. The van der Waals surface area contributed by atoms with Gasteiger partial charge in [0.15, 0.2) is 0 Å². The molecule has 0 saturated carbocycles. The van der Waals surface area contributed by atoms with Crippen molar-refractivity contribution in [3.8, 4) is 5.75 Å². The Labute approximate surface area is 124 Å². The third kappa shape index (κ3) is 4.72. The van der Waals surface area contributed by atoms with Crippen molar-refractivity contribution in [2.75, 3.05) is 13.7 Å². The molecule has 2 N–H and O–H groups in total. The lowest BCUT2D eigenvalue weighted by molar-refractivity contribution is 0.414. The Balaban J connectivity index is 2.09.